The van der Waals surface area contributed by atoms with E-state index in [0.717, 1.165) is 0 Å². The van der Waals surface area contributed by atoms with Crippen molar-refractivity contribution in [3.05, 3.63) is 12.7 Å². The van der Waals surface area contributed by atoms with Crippen LogP contribution < -0.4 is 0 Å². The fourth-order valence-corrected chi connectivity index (χ4v) is 7.61. The highest BCUT2D eigenvalue weighted by atomic mass is 19.1. The smallest absolute Gasteiger partial charge is 0.457 e. The Balaban J connectivity index is 1.83. The molecule has 0 aromatic rings. The zero-order chi connectivity index (χ0) is 33.8. The fraction of sp³-hybridized carbons (Fsp3) is 0.812. The lowest BCUT2D eigenvalue weighted by atomic mass is 9.73. The molecule has 45 heavy (non-hydrogen) atoms. The number of halogens is 1. The standard InChI is InChI=1S/C32H48FNO11/c1-11-20-31(8)26(43-29(39)45-31)18(6)24(37)32(33)14-30(7,44-21(32)12-2)25(16(4)22(35)17(5)27(38)41-20)42-28-23(36)19(34(9)10)13-15(3)40-28/h12,15-21,23,25-26,28,36H,2,11,13-14H2,1,3-10H3/t15-,16+,17-,18+,19+,20-,21?,23-,25-,26-,28+,30-,31-,32-/m1/s1. The lowest BCUT2D eigenvalue weighted by Crippen LogP contribution is -2.59. The number of fused-ring (bicyclic) bond motifs is 3. The molecule has 0 amide bonds. The number of ketones is 2. The number of hydrogen-bond donors (Lipinski definition) is 1. The lowest BCUT2D eigenvalue weighted by molar-refractivity contribution is -0.293. The van der Waals surface area contributed by atoms with Gasteiger partial charge in [-0.15, -0.1) is 6.58 Å². The highest BCUT2D eigenvalue weighted by Crippen LogP contribution is 2.50. The van der Waals surface area contributed by atoms with Gasteiger partial charge >= 0.3 is 12.1 Å². The Morgan fingerprint density at radius 2 is 1.73 bits per heavy atom. The molecule has 1 unspecified atom stereocenters. The number of ether oxygens (including phenoxy) is 6. The number of carbonyl (C=O) groups is 4. The van der Waals surface area contributed by atoms with Crippen molar-refractivity contribution >= 4 is 23.7 Å². The zero-order valence-corrected chi connectivity index (χ0v) is 27.6. The molecule has 0 aromatic carbocycles. The van der Waals surface area contributed by atoms with Crippen LogP contribution in [0.4, 0.5) is 9.18 Å². The number of cyclic esters (lactones) is 1. The largest absolute Gasteiger partial charge is 0.509 e. The lowest BCUT2D eigenvalue weighted by Gasteiger charge is -2.45. The Morgan fingerprint density at radius 1 is 1.09 bits per heavy atom. The van der Waals surface area contributed by atoms with E-state index in [4.69, 9.17) is 28.4 Å². The van der Waals surface area contributed by atoms with E-state index in [-0.39, 0.29) is 18.6 Å². The first-order valence-corrected chi connectivity index (χ1v) is 15.7. The predicted molar refractivity (Wildman–Crippen MR) is 157 cm³/mol. The molecule has 0 spiro atoms. The molecule has 4 aliphatic rings. The second kappa shape index (κ2) is 12.6. The molecular formula is C32H48FNO11. The van der Waals surface area contributed by atoms with Crippen molar-refractivity contribution in [3.8, 4) is 0 Å². The molecule has 13 heteroatoms. The molecule has 0 saturated carbocycles. The van der Waals surface area contributed by atoms with Gasteiger partial charge in [-0.1, -0.05) is 26.8 Å². The van der Waals surface area contributed by atoms with Crippen molar-refractivity contribution in [1.29, 1.82) is 0 Å². The van der Waals surface area contributed by atoms with Crippen LogP contribution in [0.15, 0.2) is 12.7 Å². The summed E-state index contributed by atoms with van der Waals surface area (Å²) in [5, 5.41) is 11.2. The molecule has 0 radical (unpaired) electrons. The van der Waals surface area contributed by atoms with Crippen molar-refractivity contribution in [2.45, 2.75) is 134 Å². The Bertz CT molecular complexity index is 1200. The van der Waals surface area contributed by atoms with E-state index >= 15 is 4.39 Å². The van der Waals surface area contributed by atoms with Crippen LogP contribution in [0.2, 0.25) is 0 Å². The Labute approximate surface area is 263 Å². The normalized spacial score (nSPS) is 47.9. The summed E-state index contributed by atoms with van der Waals surface area (Å²) in [7, 11) is 3.62. The third-order valence-electron chi connectivity index (χ3n) is 10.1. The minimum absolute atomic E-state index is 0.137. The second-order valence-electron chi connectivity index (χ2n) is 13.7. The van der Waals surface area contributed by atoms with Crippen molar-refractivity contribution in [2.75, 3.05) is 14.1 Å². The zero-order valence-electron chi connectivity index (χ0n) is 27.6. The van der Waals surface area contributed by atoms with Crippen LogP contribution >= 0.6 is 0 Å². The van der Waals surface area contributed by atoms with Gasteiger partial charge in [-0.2, -0.15) is 0 Å². The van der Waals surface area contributed by atoms with Gasteiger partial charge < -0.3 is 38.4 Å². The van der Waals surface area contributed by atoms with Crippen LogP contribution in [-0.4, -0.2) is 114 Å². The highest BCUT2D eigenvalue weighted by molar-refractivity contribution is 6.00. The number of esters is 1. The number of likely N-dealkylation sites (N-methyl/N-ethyl adjacent to an activating group) is 1. The summed E-state index contributed by atoms with van der Waals surface area (Å²) < 4.78 is 52.6. The van der Waals surface area contributed by atoms with Crippen LogP contribution in [-0.2, 0) is 42.8 Å². The van der Waals surface area contributed by atoms with E-state index in [1.54, 1.807) is 6.92 Å². The molecule has 14 atom stereocenters. The molecule has 4 fully saturated rings. The summed E-state index contributed by atoms with van der Waals surface area (Å²) in [6.07, 6.45) is -7.76. The fourth-order valence-electron chi connectivity index (χ4n) is 7.61. The average molecular weight is 642 g/mol. The quantitative estimate of drug-likeness (QED) is 0.267. The summed E-state index contributed by atoms with van der Waals surface area (Å²) in [5.41, 5.74) is -5.99. The maximum absolute atomic E-state index is 17.3. The van der Waals surface area contributed by atoms with Crippen LogP contribution in [0.5, 0.6) is 0 Å². The minimum Gasteiger partial charge on any atom is -0.457 e. The minimum atomic E-state index is -2.68. The average Bonchev–Trinajstić information content (AvgIpc) is 3.45. The first-order chi connectivity index (χ1) is 20.8. The van der Waals surface area contributed by atoms with Crippen molar-refractivity contribution in [3.63, 3.8) is 0 Å². The topological polar surface area (TPSA) is 147 Å². The summed E-state index contributed by atoms with van der Waals surface area (Å²) in [6, 6.07) is -0.352. The van der Waals surface area contributed by atoms with Crippen LogP contribution in [0, 0.1) is 17.8 Å². The van der Waals surface area contributed by atoms with Crippen molar-refractivity contribution in [1.82, 2.24) is 4.90 Å². The van der Waals surface area contributed by atoms with Crippen LogP contribution in [0.1, 0.15) is 67.7 Å². The molecule has 254 valence electrons. The second-order valence-corrected chi connectivity index (χ2v) is 13.7. The first-order valence-electron chi connectivity index (χ1n) is 15.7. The van der Waals surface area contributed by atoms with E-state index < -0.39 is 102 Å². The highest BCUT2D eigenvalue weighted by Gasteiger charge is 2.66. The number of alkyl halides is 1. The van der Waals surface area contributed by atoms with Gasteiger partial charge in [0.15, 0.2) is 29.6 Å². The van der Waals surface area contributed by atoms with Gasteiger partial charge in [0.1, 0.15) is 24.2 Å². The first kappa shape index (κ1) is 35.4. The molecule has 0 aliphatic carbocycles. The molecule has 1 N–H and O–H groups in total. The summed E-state index contributed by atoms with van der Waals surface area (Å²) in [6.45, 7) is 14.5. The number of rotatable bonds is 5. The van der Waals surface area contributed by atoms with Gasteiger partial charge in [0.2, 0.25) is 5.67 Å². The maximum Gasteiger partial charge on any atom is 0.509 e. The maximum atomic E-state index is 17.3. The number of carbonyl (C=O) groups excluding carboxylic acids is 4. The molecular weight excluding hydrogens is 593 g/mol. The van der Waals surface area contributed by atoms with E-state index in [1.807, 2.05) is 25.9 Å². The molecule has 4 heterocycles. The summed E-state index contributed by atoms with van der Waals surface area (Å²) in [4.78, 5) is 55.8. The van der Waals surface area contributed by atoms with E-state index in [0.29, 0.717) is 6.42 Å². The number of Topliss-reactive ketones (excluding diaryl/α,β-unsaturated/α-hetero) is 2. The third-order valence-corrected chi connectivity index (χ3v) is 10.1. The molecule has 4 aliphatic heterocycles. The van der Waals surface area contributed by atoms with Gasteiger partial charge in [-0.05, 0) is 54.6 Å². The Kier molecular flexibility index (Phi) is 9.94. The van der Waals surface area contributed by atoms with Crippen molar-refractivity contribution in [2.24, 2.45) is 17.8 Å². The number of hydrogen-bond acceptors (Lipinski definition) is 12. The van der Waals surface area contributed by atoms with Gasteiger partial charge in [-0.25, -0.2) is 9.18 Å². The number of aliphatic hydroxyl groups excluding tert-OH is 1. The number of nitrogens with zero attached hydrogens (tertiary/aromatic N) is 1. The van der Waals surface area contributed by atoms with Crippen LogP contribution in [0.3, 0.4) is 0 Å². The third kappa shape index (κ3) is 6.06. The van der Waals surface area contributed by atoms with Gasteiger partial charge in [-0.3, -0.25) is 14.4 Å². The number of aliphatic hydroxyl groups is 1. The van der Waals surface area contributed by atoms with Crippen LogP contribution in [0.25, 0.3) is 0 Å². The Morgan fingerprint density at radius 3 is 2.31 bits per heavy atom. The predicted octanol–water partition coefficient (Wildman–Crippen LogP) is 2.92. The Hall–Kier alpha value is -2.45. The van der Waals surface area contributed by atoms with E-state index in [1.165, 1.54) is 40.7 Å². The molecule has 2 bridgehead atoms. The SMILES string of the molecule is C=CC1O[C@]2(C)C[C@]1(F)C(=O)[C@H](C)[C@H]1OC(=O)O[C@]1(C)[C@@H](CC)OC(=O)[C@H](C)C(=O)[C@H](C)[C@H]2O[C@@H]1O[C@H](C)C[C@H](N(C)C)[C@H]1O. The van der Waals surface area contributed by atoms with E-state index in [2.05, 4.69) is 6.58 Å². The van der Waals surface area contributed by atoms with Gasteiger partial charge in [0, 0.05) is 18.4 Å². The summed E-state index contributed by atoms with van der Waals surface area (Å²) in [5.74, 6) is -6.13. The van der Waals surface area contributed by atoms with Gasteiger partial charge in [0.05, 0.1) is 23.7 Å². The van der Waals surface area contributed by atoms with E-state index in [9.17, 15) is 24.3 Å². The van der Waals surface area contributed by atoms with Gasteiger partial charge in [0.25, 0.3) is 0 Å². The molecule has 4 saturated heterocycles. The van der Waals surface area contributed by atoms with Crippen molar-refractivity contribution < 1.29 is 57.1 Å². The monoisotopic (exact) mass is 641 g/mol. The molecule has 0 aromatic heterocycles. The molecule has 12 nitrogen and oxygen atoms in total. The summed E-state index contributed by atoms with van der Waals surface area (Å²) >= 11 is 0. The molecule has 4 rings (SSSR count).